The number of thioether (sulfide) groups is 1. The van der Waals surface area contributed by atoms with Gasteiger partial charge in [-0.25, -0.2) is 0 Å². The van der Waals surface area contributed by atoms with E-state index in [0.717, 1.165) is 4.47 Å². The normalized spacial score (nSPS) is 21.3. The predicted molar refractivity (Wildman–Crippen MR) is 121 cm³/mol. The van der Waals surface area contributed by atoms with E-state index >= 15 is 0 Å². The number of rotatable bonds is 1. The Balaban J connectivity index is 1.78. The molecule has 2 aromatic carbocycles. The number of carbonyl (C=O) groups is 2. The Bertz CT molecular complexity index is 1160. The molecular formula is C20H16BrClN4O4S. The average molecular weight is 524 g/mol. The molecule has 0 unspecified atom stereocenters. The van der Waals surface area contributed by atoms with Crippen LogP contribution in [0.2, 0.25) is 5.02 Å². The van der Waals surface area contributed by atoms with Crippen LogP contribution in [0.25, 0.3) is 0 Å². The van der Waals surface area contributed by atoms with Crippen LogP contribution in [0.5, 0.6) is 11.5 Å². The molecule has 2 aromatic rings. The summed E-state index contributed by atoms with van der Waals surface area (Å²) < 4.78 is 11.8. The highest BCUT2D eigenvalue weighted by molar-refractivity contribution is 9.10. The highest BCUT2D eigenvalue weighted by Crippen LogP contribution is 2.50. The van der Waals surface area contributed by atoms with E-state index in [2.05, 4.69) is 26.3 Å². The lowest BCUT2D eigenvalue weighted by Crippen LogP contribution is -2.55. The lowest BCUT2D eigenvalue weighted by Gasteiger charge is -2.48. The molecule has 3 aliphatic rings. The number of amidine groups is 1. The molecule has 0 aliphatic carbocycles. The first-order valence-electron chi connectivity index (χ1n) is 9.29. The number of ether oxygens (including phenoxy) is 2. The Labute approximate surface area is 195 Å². The second-order valence-electron chi connectivity index (χ2n) is 7.07. The van der Waals surface area contributed by atoms with E-state index in [1.807, 2.05) is 24.5 Å². The molecule has 3 aliphatic heterocycles. The van der Waals surface area contributed by atoms with Gasteiger partial charge in [-0.3, -0.25) is 19.5 Å². The van der Waals surface area contributed by atoms with Crippen LogP contribution in [0.1, 0.15) is 30.3 Å². The first-order chi connectivity index (χ1) is 14.9. The van der Waals surface area contributed by atoms with Gasteiger partial charge in [0.05, 0.1) is 10.7 Å². The van der Waals surface area contributed by atoms with Gasteiger partial charge < -0.3 is 14.8 Å². The Morgan fingerprint density at radius 3 is 2.71 bits per heavy atom. The van der Waals surface area contributed by atoms with Crippen molar-refractivity contribution in [1.29, 1.82) is 0 Å². The summed E-state index contributed by atoms with van der Waals surface area (Å²) in [6.07, 6.45) is 1.06. The number of benzene rings is 2. The molecule has 160 valence electrons. The molecule has 0 saturated heterocycles. The van der Waals surface area contributed by atoms with Crippen molar-refractivity contribution in [2.24, 2.45) is 5.10 Å². The molecule has 8 nitrogen and oxygen atoms in total. The Morgan fingerprint density at radius 1 is 1.26 bits per heavy atom. The van der Waals surface area contributed by atoms with Crippen LogP contribution >= 0.6 is 39.3 Å². The molecular weight excluding hydrogens is 508 g/mol. The Kier molecular flexibility index (Phi) is 5.03. The van der Waals surface area contributed by atoms with Gasteiger partial charge in [0, 0.05) is 28.6 Å². The first-order valence-corrected chi connectivity index (χ1v) is 11.7. The average Bonchev–Trinajstić information content (AvgIpc) is 3.18. The zero-order valence-electron chi connectivity index (χ0n) is 16.4. The molecule has 0 radical (unpaired) electrons. The van der Waals surface area contributed by atoms with Crippen molar-refractivity contribution in [3.63, 3.8) is 0 Å². The number of nitrogens with one attached hydrogen (secondary N) is 1. The first kappa shape index (κ1) is 20.5. The van der Waals surface area contributed by atoms with E-state index in [1.54, 1.807) is 22.0 Å². The minimum atomic E-state index is -0.758. The van der Waals surface area contributed by atoms with Crippen molar-refractivity contribution in [3.05, 3.63) is 51.0 Å². The Morgan fingerprint density at radius 2 is 2.00 bits per heavy atom. The van der Waals surface area contributed by atoms with Gasteiger partial charge in [0.1, 0.15) is 0 Å². The topological polar surface area (TPSA) is 83.5 Å². The summed E-state index contributed by atoms with van der Waals surface area (Å²) in [6, 6.07) is 8.14. The van der Waals surface area contributed by atoms with Crippen molar-refractivity contribution in [1.82, 2.24) is 10.3 Å². The van der Waals surface area contributed by atoms with E-state index in [4.69, 9.17) is 21.1 Å². The molecule has 1 N–H and O–H groups in total. The Hall–Kier alpha value is -2.43. The molecule has 0 spiro atoms. The number of amides is 2. The number of carbonyl (C=O) groups excluding carboxylic acids is 2. The van der Waals surface area contributed by atoms with Crippen LogP contribution < -0.4 is 19.7 Å². The van der Waals surface area contributed by atoms with Gasteiger partial charge in [0.15, 0.2) is 28.9 Å². The van der Waals surface area contributed by atoms with Crippen LogP contribution in [0.4, 0.5) is 5.69 Å². The lowest BCUT2D eigenvalue weighted by molar-refractivity contribution is -0.129. The largest absolute Gasteiger partial charge is 0.454 e. The number of hydrogen-bond acceptors (Lipinski definition) is 7. The van der Waals surface area contributed by atoms with Crippen molar-refractivity contribution in [3.8, 4) is 11.5 Å². The van der Waals surface area contributed by atoms with Crippen LogP contribution in [-0.4, -0.2) is 35.0 Å². The van der Waals surface area contributed by atoms with Crippen molar-refractivity contribution in [2.75, 3.05) is 17.9 Å². The third-order valence-corrected chi connectivity index (χ3v) is 6.68. The number of anilines is 1. The van der Waals surface area contributed by atoms with E-state index in [0.29, 0.717) is 38.5 Å². The maximum atomic E-state index is 13.2. The van der Waals surface area contributed by atoms with Crippen LogP contribution in [0, 0.1) is 0 Å². The fraction of sp³-hybridized carbons (Fsp3) is 0.250. The van der Waals surface area contributed by atoms with Gasteiger partial charge >= 0.3 is 0 Å². The maximum absolute atomic E-state index is 13.2. The number of fused-ring (bicyclic) bond motifs is 4. The van der Waals surface area contributed by atoms with E-state index in [1.165, 1.54) is 18.7 Å². The molecule has 0 aromatic heterocycles. The number of nitrogens with zero attached hydrogens (tertiary/aromatic N) is 3. The molecule has 11 heteroatoms. The van der Waals surface area contributed by atoms with Crippen molar-refractivity contribution in [2.45, 2.75) is 19.1 Å². The number of halogens is 2. The molecule has 5 rings (SSSR count). The minimum Gasteiger partial charge on any atom is -0.454 e. The fourth-order valence-corrected chi connectivity index (χ4v) is 5.03. The van der Waals surface area contributed by atoms with Crippen LogP contribution in [-0.2, 0) is 9.59 Å². The monoisotopic (exact) mass is 522 g/mol. The molecule has 0 fully saturated rings. The number of hydrogen-bond donors (Lipinski definition) is 1. The quantitative estimate of drug-likeness (QED) is 0.608. The summed E-state index contributed by atoms with van der Waals surface area (Å²) in [6.45, 7) is 1.57. The zero-order valence-corrected chi connectivity index (χ0v) is 19.5. The number of hydrazone groups is 1. The minimum absolute atomic E-state index is 0.0938. The highest BCUT2D eigenvalue weighted by atomic mass is 79.9. The maximum Gasteiger partial charge on any atom is 0.255 e. The van der Waals surface area contributed by atoms with Crippen LogP contribution in [0.3, 0.4) is 0 Å². The molecule has 31 heavy (non-hydrogen) atoms. The molecule has 2 amide bonds. The summed E-state index contributed by atoms with van der Waals surface area (Å²) in [5.74, 6) is 0.609. The van der Waals surface area contributed by atoms with E-state index in [9.17, 15) is 9.59 Å². The van der Waals surface area contributed by atoms with Crippen molar-refractivity contribution < 1.29 is 19.1 Å². The van der Waals surface area contributed by atoms with E-state index in [-0.39, 0.29) is 18.6 Å². The smallest absolute Gasteiger partial charge is 0.255 e. The predicted octanol–water partition coefficient (Wildman–Crippen LogP) is 4.00. The summed E-state index contributed by atoms with van der Waals surface area (Å²) in [5.41, 5.74) is 1.87. The van der Waals surface area contributed by atoms with Crippen molar-refractivity contribution >= 4 is 62.0 Å². The molecule has 2 atom stereocenters. The summed E-state index contributed by atoms with van der Waals surface area (Å²) in [5, 5.41) is 9.95. The standard InChI is InChI=1S/C20H16BrClN4O4S/c1-9(27)25-14-4-3-10(21)5-12(14)17-18(28)23-20(31-2)24-26(17)19(25)11-6-15-16(7-13(11)22)30-8-29-15/h3-7,17,19H,8H2,1-2H3,(H,23,24,28)/t17-,19-/m0/s1. The van der Waals surface area contributed by atoms with Gasteiger partial charge in [0.2, 0.25) is 12.7 Å². The third-order valence-electron chi connectivity index (χ3n) is 5.29. The van der Waals surface area contributed by atoms with Gasteiger partial charge in [-0.2, -0.15) is 0 Å². The highest BCUT2D eigenvalue weighted by Gasteiger charge is 2.47. The van der Waals surface area contributed by atoms with Gasteiger partial charge in [0.25, 0.3) is 5.91 Å². The SMILES string of the molecule is CSC1=NN2[C@H](C(=O)N1)c1cc(Br)ccc1N(C(C)=O)[C@@H]2c1cc2c(cc1Cl)OCO2. The van der Waals surface area contributed by atoms with Gasteiger partial charge in [-0.15, -0.1) is 5.10 Å². The van der Waals surface area contributed by atoms with E-state index < -0.39 is 12.2 Å². The lowest BCUT2D eigenvalue weighted by atomic mass is 9.95. The molecule has 0 saturated carbocycles. The second-order valence-corrected chi connectivity index (χ2v) is 9.19. The van der Waals surface area contributed by atoms with Crippen LogP contribution in [0.15, 0.2) is 39.9 Å². The molecule has 3 heterocycles. The molecule has 0 bridgehead atoms. The van der Waals surface area contributed by atoms with Gasteiger partial charge in [-0.1, -0.05) is 39.3 Å². The second kappa shape index (κ2) is 7.61. The zero-order chi connectivity index (χ0) is 21.9. The third kappa shape index (κ3) is 3.24. The fourth-order valence-electron chi connectivity index (χ4n) is 4.02. The summed E-state index contributed by atoms with van der Waals surface area (Å²) >= 11 is 11.4. The summed E-state index contributed by atoms with van der Waals surface area (Å²) in [7, 11) is 0. The summed E-state index contributed by atoms with van der Waals surface area (Å²) in [4.78, 5) is 27.7. The van der Waals surface area contributed by atoms with Gasteiger partial charge in [-0.05, 0) is 30.5 Å².